The molecule has 1 N–H and O–H groups in total. The van der Waals surface area contributed by atoms with E-state index in [0.29, 0.717) is 17.9 Å². The molecule has 1 aromatic carbocycles. The summed E-state index contributed by atoms with van der Waals surface area (Å²) in [6, 6.07) is 5.38. The van der Waals surface area contributed by atoms with Gasteiger partial charge in [0, 0.05) is 24.8 Å². The van der Waals surface area contributed by atoms with Gasteiger partial charge in [0.2, 0.25) is 5.91 Å². The van der Waals surface area contributed by atoms with E-state index in [-0.39, 0.29) is 11.8 Å². The summed E-state index contributed by atoms with van der Waals surface area (Å²) in [5.41, 5.74) is 2.38. The van der Waals surface area contributed by atoms with Crippen LogP contribution in [0.15, 0.2) is 18.2 Å². The molecule has 4 nitrogen and oxygen atoms in total. The zero-order valence-electron chi connectivity index (χ0n) is 11.0. The lowest BCUT2D eigenvalue weighted by Crippen LogP contribution is -2.30. The molecule has 1 heterocycles. The van der Waals surface area contributed by atoms with Crippen LogP contribution in [0, 0.1) is 5.92 Å². The number of carbonyl (C=O) groups is 2. The first kappa shape index (κ1) is 12.6. The minimum Gasteiger partial charge on any atom is -0.341 e. The van der Waals surface area contributed by atoms with Gasteiger partial charge in [-0.05, 0) is 29.7 Å². The van der Waals surface area contributed by atoms with Crippen molar-refractivity contribution in [2.24, 2.45) is 5.92 Å². The maximum atomic E-state index is 12.2. The van der Waals surface area contributed by atoms with Gasteiger partial charge in [0.15, 0.2) is 0 Å². The van der Waals surface area contributed by atoms with Gasteiger partial charge in [-0.2, -0.15) is 0 Å². The Kier molecular flexibility index (Phi) is 3.36. The summed E-state index contributed by atoms with van der Waals surface area (Å²) in [7, 11) is 1.80. The lowest BCUT2D eigenvalue weighted by Gasteiger charge is -2.19. The Labute approximate surface area is 107 Å². The number of benzene rings is 1. The highest BCUT2D eigenvalue weighted by Gasteiger charge is 2.20. The molecule has 0 bridgehead atoms. The van der Waals surface area contributed by atoms with E-state index in [4.69, 9.17) is 0 Å². The molecule has 0 aliphatic carbocycles. The third-order valence-corrected chi connectivity index (χ3v) is 2.96. The van der Waals surface area contributed by atoms with Crippen molar-refractivity contribution < 1.29 is 9.59 Å². The maximum Gasteiger partial charge on any atom is 0.253 e. The van der Waals surface area contributed by atoms with Crippen LogP contribution in [0.2, 0.25) is 0 Å². The second kappa shape index (κ2) is 4.80. The first-order chi connectivity index (χ1) is 8.47. The second-order valence-electron chi connectivity index (χ2n) is 5.18. The smallest absolute Gasteiger partial charge is 0.253 e. The van der Waals surface area contributed by atoms with E-state index in [9.17, 15) is 9.59 Å². The van der Waals surface area contributed by atoms with Crippen LogP contribution in [-0.2, 0) is 11.2 Å². The van der Waals surface area contributed by atoms with E-state index in [1.165, 1.54) is 0 Å². The molecule has 0 saturated heterocycles. The topological polar surface area (TPSA) is 49.4 Å². The molecule has 1 aromatic rings. The van der Waals surface area contributed by atoms with Crippen LogP contribution >= 0.6 is 0 Å². The Morgan fingerprint density at radius 3 is 2.83 bits per heavy atom. The third kappa shape index (κ3) is 2.53. The van der Waals surface area contributed by atoms with Crippen LogP contribution in [0.25, 0.3) is 0 Å². The van der Waals surface area contributed by atoms with E-state index in [1.54, 1.807) is 24.1 Å². The fourth-order valence-corrected chi connectivity index (χ4v) is 2.21. The Morgan fingerprint density at radius 2 is 2.17 bits per heavy atom. The molecule has 0 fully saturated rings. The first-order valence-electron chi connectivity index (χ1n) is 6.15. The van der Waals surface area contributed by atoms with Gasteiger partial charge in [0.1, 0.15) is 0 Å². The van der Waals surface area contributed by atoms with Gasteiger partial charge in [0.25, 0.3) is 5.91 Å². The number of nitrogens with zero attached hydrogens (tertiary/aromatic N) is 1. The molecule has 0 spiro atoms. The predicted molar refractivity (Wildman–Crippen MR) is 70.6 cm³/mol. The number of rotatable bonds is 3. The molecule has 2 rings (SSSR count). The van der Waals surface area contributed by atoms with Crippen molar-refractivity contribution in [1.29, 1.82) is 0 Å². The standard InChI is InChI=1S/C14H18N2O2/c1-9(2)8-16(3)14(18)10-4-5-12-11(6-10)7-13(17)15-12/h4-6,9H,7-8H2,1-3H3,(H,15,17). The fraction of sp³-hybridized carbons (Fsp3) is 0.429. The van der Waals surface area contributed by atoms with Crippen LogP contribution in [0.3, 0.4) is 0 Å². The number of hydrogen-bond donors (Lipinski definition) is 1. The van der Waals surface area contributed by atoms with Crippen molar-refractivity contribution >= 4 is 17.5 Å². The number of nitrogens with one attached hydrogen (secondary N) is 1. The summed E-state index contributed by atoms with van der Waals surface area (Å²) in [6.07, 6.45) is 0.365. The van der Waals surface area contributed by atoms with Crippen LogP contribution in [-0.4, -0.2) is 30.3 Å². The third-order valence-electron chi connectivity index (χ3n) is 2.96. The molecular formula is C14H18N2O2. The van der Waals surface area contributed by atoms with Gasteiger partial charge < -0.3 is 10.2 Å². The highest BCUT2D eigenvalue weighted by atomic mass is 16.2. The largest absolute Gasteiger partial charge is 0.341 e. The molecule has 4 heteroatoms. The van der Waals surface area contributed by atoms with Crippen molar-refractivity contribution in [3.05, 3.63) is 29.3 Å². The molecule has 18 heavy (non-hydrogen) atoms. The van der Waals surface area contributed by atoms with Gasteiger partial charge in [0.05, 0.1) is 6.42 Å². The number of anilines is 1. The molecule has 1 aliphatic heterocycles. The Hall–Kier alpha value is -1.84. The molecule has 0 saturated carbocycles. The summed E-state index contributed by atoms with van der Waals surface area (Å²) in [5, 5.41) is 2.76. The van der Waals surface area contributed by atoms with Crippen molar-refractivity contribution in [1.82, 2.24) is 4.90 Å². The first-order valence-corrected chi connectivity index (χ1v) is 6.15. The fourth-order valence-electron chi connectivity index (χ4n) is 2.21. The Balaban J connectivity index is 2.17. The minimum atomic E-state index is -0.00914. The Morgan fingerprint density at radius 1 is 1.44 bits per heavy atom. The van der Waals surface area contributed by atoms with Crippen LogP contribution in [0.5, 0.6) is 0 Å². The van der Waals surface area contributed by atoms with Crippen molar-refractivity contribution in [2.45, 2.75) is 20.3 Å². The van der Waals surface area contributed by atoms with Gasteiger partial charge in [-0.1, -0.05) is 13.8 Å². The van der Waals surface area contributed by atoms with Crippen molar-refractivity contribution in [3.8, 4) is 0 Å². The molecule has 1 aliphatic rings. The summed E-state index contributed by atoms with van der Waals surface area (Å²) in [4.78, 5) is 25.2. The predicted octanol–water partition coefficient (Wildman–Crippen LogP) is 1.91. The van der Waals surface area contributed by atoms with Crippen molar-refractivity contribution in [2.75, 3.05) is 18.9 Å². The van der Waals surface area contributed by atoms with E-state index >= 15 is 0 Å². The van der Waals surface area contributed by atoms with Gasteiger partial charge in [-0.3, -0.25) is 9.59 Å². The van der Waals surface area contributed by atoms with E-state index < -0.39 is 0 Å². The number of fused-ring (bicyclic) bond motifs is 1. The molecule has 0 unspecified atom stereocenters. The van der Waals surface area contributed by atoms with Gasteiger partial charge in [-0.15, -0.1) is 0 Å². The zero-order chi connectivity index (χ0) is 13.3. The maximum absolute atomic E-state index is 12.2. The quantitative estimate of drug-likeness (QED) is 0.885. The average molecular weight is 246 g/mol. The zero-order valence-corrected chi connectivity index (χ0v) is 11.0. The SMILES string of the molecule is CC(C)CN(C)C(=O)c1ccc2c(c1)CC(=O)N2. The van der Waals surface area contributed by atoms with E-state index in [1.807, 2.05) is 6.07 Å². The average Bonchev–Trinajstić information content (AvgIpc) is 2.65. The highest BCUT2D eigenvalue weighted by Crippen LogP contribution is 2.24. The minimum absolute atomic E-state index is 0.00542. The van der Waals surface area contributed by atoms with Gasteiger partial charge >= 0.3 is 0 Å². The molecular weight excluding hydrogens is 228 g/mol. The Bertz CT molecular complexity index is 495. The number of amides is 2. The molecule has 96 valence electrons. The lowest BCUT2D eigenvalue weighted by atomic mass is 10.1. The lowest BCUT2D eigenvalue weighted by molar-refractivity contribution is -0.115. The normalized spacial score (nSPS) is 13.4. The van der Waals surface area contributed by atoms with Crippen molar-refractivity contribution in [3.63, 3.8) is 0 Å². The number of hydrogen-bond acceptors (Lipinski definition) is 2. The summed E-state index contributed by atoms with van der Waals surface area (Å²) in [5.74, 6) is 0.438. The van der Waals surface area contributed by atoms with Crippen LogP contribution < -0.4 is 5.32 Å². The molecule has 0 radical (unpaired) electrons. The van der Waals surface area contributed by atoms with Crippen LogP contribution in [0.1, 0.15) is 29.8 Å². The molecule has 0 aromatic heterocycles. The second-order valence-corrected chi connectivity index (χ2v) is 5.18. The van der Waals surface area contributed by atoms with E-state index in [2.05, 4.69) is 19.2 Å². The number of carbonyl (C=O) groups excluding carboxylic acids is 2. The van der Waals surface area contributed by atoms with Crippen LogP contribution in [0.4, 0.5) is 5.69 Å². The molecule has 0 atom stereocenters. The van der Waals surface area contributed by atoms with E-state index in [0.717, 1.165) is 17.8 Å². The summed E-state index contributed by atoms with van der Waals surface area (Å²) in [6.45, 7) is 4.89. The monoisotopic (exact) mass is 246 g/mol. The summed E-state index contributed by atoms with van der Waals surface area (Å²) >= 11 is 0. The van der Waals surface area contributed by atoms with Gasteiger partial charge in [-0.25, -0.2) is 0 Å². The molecule has 2 amide bonds. The highest BCUT2D eigenvalue weighted by molar-refractivity contribution is 6.01. The summed E-state index contributed by atoms with van der Waals surface area (Å²) < 4.78 is 0.